The van der Waals surface area contributed by atoms with Crippen molar-refractivity contribution in [3.63, 3.8) is 0 Å². The summed E-state index contributed by atoms with van der Waals surface area (Å²) in [7, 11) is 0. The van der Waals surface area contributed by atoms with Gasteiger partial charge >= 0.3 is 6.03 Å². The van der Waals surface area contributed by atoms with Crippen molar-refractivity contribution in [2.75, 3.05) is 39.3 Å². The van der Waals surface area contributed by atoms with Crippen LogP contribution in [0.3, 0.4) is 0 Å². The van der Waals surface area contributed by atoms with E-state index in [-0.39, 0.29) is 36.0 Å². The highest BCUT2D eigenvalue weighted by Crippen LogP contribution is 2.31. The minimum absolute atomic E-state index is 0.0304. The maximum atomic E-state index is 13.2. The zero-order valence-corrected chi connectivity index (χ0v) is 18.8. The zero-order chi connectivity index (χ0) is 22.7. The predicted molar refractivity (Wildman–Crippen MR) is 118 cm³/mol. The predicted octanol–water partition coefficient (Wildman–Crippen LogP) is 2.40. The molecule has 174 valence electrons. The lowest BCUT2D eigenvalue weighted by atomic mass is 9.87. The lowest BCUT2D eigenvalue weighted by molar-refractivity contribution is -0.135. The molecule has 4 amide bonds. The molecule has 3 saturated heterocycles. The Morgan fingerprint density at radius 3 is 2.38 bits per heavy atom. The Bertz CT molecular complexity index is 843. The number of hydrogen-bond acceptors (Lipinski definition) is 4. The van der Waals surface area contributed by atoms with E-state index >= 15 is 0 Å². The summed E-state index contributed by atoms with van der Waals surface area (Å²) in [6.45, 7) is 6.50. The van der Waals surface area contributed by atoms with Crippen LogP contribution >= 0.6 is 0 Å². The third-order valence-electron chi connectivity index (χ3n) is 7.17. The fourth-order valence-corrected chi connectivity index (χ4v) is 5.17. The topological polar surface area (TPSA) is 73.0 Å². The molecule has 4 rings (SSSR count). The monoisotopic (exact) mass is 444 g/mol. The van der Waals surface area contributed by atoms with Crippen molar-refractivity contribution in [3.8, 4) is 0 Å². The molecule has 3 heterocycles. The molecule has 1 aromatic carbocycles. The number of amides is 4. The molecular formula is C24H33FN4O3. The lowest BCUT2D eigenvalue weighted by Crippen LogP contribution is -2.55. The maximum absolute atomic E-state index is 13.2. The van der Waals surface area contributed by atoms with Gasteiger partial charge in [0.25, 0.3) is 5.91 Å². The number of benzene rings is 1. The highest BCUT2D eigenvalue weighted by Gasteiger charge is 2.52. The summed E-state index contributed by atoms with van der Waals surface area (Å²) >= 11 is 0. The largest absolute Gasteiger partial charge is 0.342 e. The molecule has 1 N–H and O–H groups in total. The van der Waals surface area contributed by atoms with Crippen molar-refractivity contribution in [2.45, 2.75) is 51.0 Å². The third-order valence-corrected chi connectivity index (χ3v) is 7.17. The first-order valence-electron chi connectivity index (χ1n) is 11.8. The molecule has 0 radical (unpaired) electrons. The fraction of sp³-hybridized carbons (Fsp3) is 0.625. The molecule has 0 aliphatic carbocycles. The summed E-state index contributed by atoms with van der Waals surface area (Å²) in [4.78, 5) is 44.0. The van der Waals surface area contributed by atoms with Crippen LogP contribution in [0.2, 0.25) is 0 Å². The minimum atomic E-state index is -0.729. The lowest BCUT2D eigenvalue weighted by Gasteiger charge is -2.37. The van der Waals surface area contributed by atoms with Gasteiger partial charge in [-0.3, -0.25) is 14.5 Å². The van der Waals surface area contributed by atoms with Crippen molar-refractivity contribution in [1.29, 1.82) is 0 Å². The molecular weight excluding hydrogens is 411 g/mol. The molecule has 0 aromatic heterocycles. The Labute approximate surface area is 188 Å². The van der Waals surface area contributed by atoms with E-state index in [9.17, 15) is 18.8 Å². The van der Waals surface area contributed by atoms with Crippen LogP contribution in [-0.4, -0.2) is 77.4 Å². The average molecular weight is 445 g/mol. The van der Waals surface area contributed by atoms with Gasteiger partial charge in [-0.2, -0.15) is 0 Å². The number of hydrogen-bond donors (Lipinski definition) is 1. The van der Waals surface area contributed by atoms with Crippen LogP contribution in [0, 0.1) is 11.7 Å². The number of piperidine rings is 2. The van der Waals surface area contributed by atoms with E-state index in [0.29, 0.717) is 32.5 Å². The van der Waals surface area contributed by atoms with E-state index in [1.807, 2.05) is 4.90 Å². The molecule has 0 atom stereocenters. The first kappa shape index (κ1) is 22.7. The number of urea groups is 1. The molecule has 1 aromatic rings. The van der Waals surface area contributed by atoms with Crippen molar-refractivity contribution in [3.05, 3.63) is 35.6 Å². The number of carbonyl (C=O) groups excluding carboxylic acids is 3. The van der Waals surface area contributed by atoms with Crippen molar-refractivity contribution < 1.29 is 18.8 Å². The third kappa shape index (κ3) is 4.80. The highest BCUT2D eigenvalue weighted by atomic mass is 19.1. The van der Waals surface area contributed by atoms with Gasteiger partial charge in [-0.05, 0) is 62.3 Å². The van der Waals surface area contributed by atoms with Gasteiger partial charge in [-0.25, -0.2) is 9.18 Å². The number of rotatable bonds is 6. The average Bonchev–Trinajstić information content (AvgIpc) is 3.01. The second-order valence-corrected chi connectivity index (χ2v) is 9.40. The van der Waals surface area contributed by atoms with Gasteiger partial charge in [0.05, 0.1) is 6.42 Å². The van der Waals surface area contributed by atoms with Crippen LogP contribution in [0.4, 0.5) is 9.18 Å². The van der Waals surface area contributed by atoms with Gasteiger partial charge in [0, 0.05) is 32.7 Å². The van der Waals surface area contributed by atoms with Crippen LogP contribution < -0.4 is 5.32 Å². The normalized spacial score (nSPS) is 21.9. The number of nitrogens with one attached hydrogen (secondary N) is 1. The standard InChI is InChI=1S/C24H33FN4O3/c1-2-11-27-14-9-24(10-15-27)22(31)29(23(32)26-24)17-19-7-12-28(13-8-19)21(30)16-18-3-5-20(25)6-4-18/h3-6,19H,2,7-17H2,1H3,(H,26,32). The van der Waals surface area contributed by atoms with Crippen LogP contribution in [-0.2, 0) is 16.0 Å². The number of halogens is 1. The van der Waals surface area contributed by atoms with Gasteiger partial charge in [0.15, 0.2) is 0 Å². The summed E-state index contributed by atoms with van der Waals surface area (Å²) in [5.41, 5.74) is 0.0702. The van der Waals surface area contributed by atoms with Gasteiger partial charge in [-0.1, -0.05) is 19.1 Å². The Hall–Kier alpha value is -2.48. The molecule has 1 spiro atoms. The van der Waals surface area contributed by atoms with Gasteiger partial charge in [0.2, 0.25) is 5.91 Å². The van der Waals surface area contributed by atoms with E-state index in [1.54, 1.807) is 12.1 Å². The van der Waals surface area contributed by atoms with E-state index in [1.165, 1.54) is 17.0 Å². The van der Waals surface area contributed by atoms with Gasteiger partial charge < -0.3 is 15.1 Å². The molecule has 0 saturated carbocycles. The SMILES string of the molecule is CCCN1CCC2(CC1)NC(=O)N(CC1CCN(C(=O)Cc3ccc(F)cc3)CC1)C2=O. The summed E-state index contributed by atoms with van der Waals surface area (Å²) in [6, 6.07) is 5.75. The highest BCUT2D eigenvalue weighted by molar-refractivity contribution is 6.07. The Balaban J connectivity index is 1.27. The molecule has 8 heteroatoms. The first-order chi connectivity index (χ1) is 15.4. The first-order valence-corrected chi connectivity index (χ1v) is 11.8. The second kappa shape index (κ2) is 9.57. The minimum Gasteiger partial charge on any atom is -0.342 e. The molecule has 7 nitrogen and oxygen atoms in total. The van der Waals surface area contributed by atoms with Crippen LogP contribution in [0.15, 0.2) is 24.3 Å². The summed E-state index contributed by atoms with van der Waals surface area (Å²) < 4.78 is 13.1. The zero-order valence-electron chi connectivity index (χ0n) is 18.8. The van der Waals surface area contributed by atoms with Crippen molar-refractivity contribution >= 4 is 17.8 Å². The van der Waals surface area contributed by atoms with Crippen LogP contribution in [0.5, 0.6) is 0 Å². The number of carbonyl (C=O) groups is 3. The Morgan fingerprint density at radius 2 is 1.75 bits per heavy atom. The summed E-state index contributed by atoms with van der Waals surface area (Å²) in [6.07, 6.45) is 4.22. The van der Waals surface area contributed by atoms with E-state index in [4.69, 9.17) is 0 Å². The molecule has 3 aliphatic heterocycles. The quantitative estimate of drug-likeness (QED) is 0.684. The Kier molecular flexibility index (Phi) is 6.79. The molecule has 32 heavy (non-hydrogen) atoms. The molecule has 3 fully saturated rings. The second-order valence-electron chi connectivity index (χ2n) is 9.40. The van der Waals surface area contributed by atoms with E-state index in [0.717, 1.165) is 44.5 Å². The fourth-order valence-electron chi connectivity index (χ4n) is 5.17. The number of imide groups is 1. The molecule has 0 unspecified atom stereocenters. The Morgan fingerprint density at radius 1 is 1.09 bits per heavy atom. The summed E-state index contributed by atoms with van der Waals surface area (Å²) in [5.74, 6) is -0.151. The maximum Gasteiger partial charge on any atom is 0.325 e. The van der Waals surface area contributed by atoms with Crippen LogP contribution in [0.25, 0.3) is 0 Å². The summed E-state index contributed by atoms with van der Waals surface area (Å²) in [5, 5.41) is 3.00. The van der Waals surface area contributed by atoms with Crippen LogP contribution in [0.1, 0.15) is 44.6 Å². The molecule has 3 aliphatic rings. The molecule has 0 bridgehead atoms. The van der Waals surface area contributed by atoms with E-state index in [2.05, 4.69) is 17.1 Å². The van der Waals surface area contributed by atoms with E-state index < -0.39 is 5.54 Å². The number of likely N-dealkylation sites (tertiary alicyclic amines) is 2. The smallest absolute Gasteiger partial charge is 0.325 e. The van der Waals surface area contributed by atoms with Gasteiger partial charge in [0.1, 0.15) is 11.4 Å². The van der Waals surface area contributed by atoms with Crippen molar-refractivity contribution in [2.24, 2.45) is 5.92 Å². The number of nitrogens with zero attached hydrogens (tertiary/aromatic N) is 3. The van der Waals surface area contributed by atoms with Crippen molar-refractivity contribution in [1.82, 2.24) is 20.0 Å². The van der Waals surface area contributed by atoms with Gasteiger partial charge in [-0.15, -0.1) is 0 Å².